The van der Waals surface area contributed by atoms with Gasteiger partial charge >= 0.3 is 0 Å². The summed E-state index contributed by atoms with van der Waals surface area (Å²) in [4.78, 5) is 19.2. The number of rotatable bonds is 5. The van der Waals surface area contributed by atoms with E-state index in [1.165, 1.54) is 12.1 Å². The van der Waals surface area contributed by atoms with Crippen molar-refractivity contribution in [2.75, 3.05) is 14.1 Å². The Bertz CT molecular complexity index is 1710. The highest BCUT2D eigenvalue weighted by atomic mass is 19.1. The van der Waals surface area contributed by atoms with Crippen LogP contribution >= 0.6 is 0 Å². The number of nitrogens with zero attached hydrogens (tertiary/aromatic N) is 5. The van der Waals surface area contributed by atoms with Gasteiger partial charge < -0.3 is 9.88 Å². The van der Waals surface area contributed by atoms with Crippen molar-refractivity contribution in [3.63, 3.8) is 0 Å². The van der Waals surface area contributed by atoms with E-state index < -0.39 is 0 Å². The molecule has 178 valence electrons. The van der Waals surface area contributed by atoms with Gasteiger partial charge in [-0.2, -0.15) is 5.10 Å². The number of aryl methyl sites for hydroxylation is 1. The molecule has 7 nitrogen and oxygen atoms in total. The van der Waals surface area contributed by atoms with Gasteiger partial charge in [0, 0.05) is 64.3 Å². The van der Waals surface area contributed by atoms with Gasteiger partial charge in [-0.3, -0.25) is 15.1 Å². The Labute approximate surface area is 207 Å². The Morgan fingerprint density at radius 3 is 2.56 bits per heavy atom. The fourth-order valence-electron chi connectivity index (χ4n) is 4.65. The summed E-state index contributed by atoms with van der Waals surface area (Å²) in [5, 5.41) is 9.40. The van der Waals surface area contributed by atoms with E-state index >= 15 is 0 Å². The normalized spacial score (nSPS) is 11.7. The average molecular weight is 478 g/mol. The van der Waals surface area contributed by atoms with Crippen LogP contribution in [0.3, 0.4) is 0 Å². The molecule has 2 N–H and O–H groups in total. The van der Waals surface area contributed by atoms with E-state index in [1.807, 2.05) is 57.8 Å². The third kappa shape index (κ3) is 4.01. The minimum atomic E-state index is -0.277. The maximum atomic E-state index is 14.1. The summed E-state index contributed by atoms with van der Waals surface area (Å²) in [6, 6.07) is 13.1. The lowest BCUT2D eigenvalue weighted by atomic mass is 10.0. The van der Waals surface area contributed by atoms with Crippen LogP contribution in [0.4, 0.5) is 4.39 Å². The molecular formula is C28H24FN7. The van der Waals surface area contributed by atoms with Crippen LogP contribution in [-0.4, -0.2) is 49.1 Å². The van der Waals surface area contributed by atoms with E-state index in [9.17, 15) is 4.39 Å². The van der Waals surface area contributed by atoms with Crippen LogP contribution in [0.25, 0.3) is 55.7 Å². The highest BCUT2D eigenvalue weighted by Gasteiger charge is 2.16. The molecule has 1 aromatic carbocycles. The zero-order chi connectivity index (χ0) is 24.8. The summed E-state index contributed by atoms with van der Waals surface area (Å²) < 4.78 is 14.1. The molecule has 0 aliphatic rings. The summed E-state index contributed by atoms with van der Waals surface area (Å²) in [7, 11) is 4.07. The topological polar surface area (TPSA) is 86.4 Å². The molecule has 0 radical (unpaired) electrons. The summed E-state index contributed by atoms with van der Waals surface area (Å²) >= 11 is 0. The summed E-state index contributed by atoms with van der Waals surface area (Å²) in [5.41, 5.74) is 8.60. The third-order valence-electron chi connectivity index (χ3n) is 6.16. The van der Waals surface area contributed by atoms with Crippen LogP contribution < -0.4 is 0 Å². The van der Waals surface area contributed by atoms with Crippen LogP contribution in [0.1, 0.15) is 11.1 Å². The fraction of sp³-hybridized carbons (Fsp3) is 0.143. The number of benzene rings is 1. The van der Waals surface area contributed by atoms with E-state index in [1.54, 1.807) is 6.20 Å². The van der Waals surface area contributed by atoms with Gasteiger partial charge in [0.15, 0.2) is 5.65 Å². The number of aromatic amines is 2. The maximum Gasteiger partial charge on any atom is 0.155 e. The Hall–Kier alpha value is -4.43. The van der Waals surface area contributed by atoms with E-state index in [4.69, 9.17) is 0 Å². The molecule has 0 unspecified atom stereocenters. The standard InChI is InChI=1S/C28H24FN7/c1-16-6-18(9-21(29)7-16)26-22-11-25(33-24(22)4-5-31-26)27-23-10-20(14-32-28(23)35-34-27)19-8-17(12-30-13-19)15-36(2)3/h4-14,33H,15H2,1-3H3,(H,32,34,35). The van der Waals surface area contributed by atoms with Crippen molar-refractivity contribution < 1.29 is 4.39 Å². The number of fused-ring (bicyclic) bond motifs is 2. The van der Waals surface area contributed by atoms with Gasteiger partial charge in [0.05, 0.1) is 11.4 Å². The average Bonchev–Trinajstić information content (AvgIpc) is 3.46. The second-order valence-electron chi connectivity index (χ2n) is 9.33. The first-order chi connectivity index (χ1) is 17.4. The van der Waals surface area contributed by atoms with Crippen LogP contribution in [0.5, 0.6) is 0 Å². The molecule has 0 aliphatic heterocycles. The van der Waals surface area contributed by atoms with Crippen molar-refractivity contribution in [2.45, 2.75) is 13.5 Å². The Morgan fingerprint density at radius 2 is 1.72 bits per heavy atom. The fourth-order valence-corrected chi connectivity index (χ4v) is 4.65. The predicted molar refractivity (Wildman–Crippen MR) is 140 cm³/mol. The molecule has 0 bridgehead atoms. The van der Waals surface area contributed by atoms with Crippen LogP contribution in [0.2, 0.25) is 0 Å². The van der Waals surface area contributed by atoms with Crippen molar-refractivity contribution in [1.29, 1.82) is 0 Å². The number of hydrogen-bond acceptors (Lipinski definition) is 5. The van der Waals surface area contributed by atoms with Gasteiger partial charge in [-0.05, 0) is 74.6 Å². The zero-order valence-corrected chi connectivity index (χ0v) is 20.2. The minimum Gasteiger partial charge on any atom is -0.353 e. The lowest BCUT2D eigenvalue weighted by Gasteiger charge is -2.10. The summed E-state index contributed by atoms with van der Waals surface area (Å²) in [6.45, 7) is 2.69. The highest BCUT2D eigenvalue weighted by Crippen LogP contribution is 2.34. The first-order valence-electron chi connectivity index (χ1n) is 11.6. The lowest BCUT2D eigenvalue weighted by Crippen LogP contribution is -2.10. The van der Waals surface area contributed by atoms with Crippen molar-refractivity contribution in [3.05, 3.63) is 84.2 Å². The van der Waals surface area contributed by atoms with E-state index in [0.29, 0.717) is 5.65 Å². The van der Waals surface area contributed by atoms with E-state index in [0.717, 1.165) is 67.7 Å². The van der Waals surface area contributed by atoms with Crippen molar-refractivity contribution >= 4 is 21.9 Å². The number of H-pyrrole nitrogens is 2. The lowest BCUT2D eigenvalue weighted by molar-refractivity contribution is 0.402. The predicted octanol–water partition coefficient (Wildman–Crippen LogP) is 5.74. The summed E-state index contributed by atoms with van der Waals surface area (Å²) in [6.07, 6.45) is 7.30. The zero-order valence-electron chi connectivity index (χ0n) is 20.2. The molecular weight excluding hydrogens is 453 g/mol. The smallest absolute Gasteiger partial charge is 0.155 e. The van der Waals surface area contributed by atoms with E-state index in [2.05, 4.69) is 47.2 Å². The summed E-state index contributed by atoms with van der Waals surface area (Å²) in [5.74, 6) is -0.277. The molecule has 5 heterocycles. The third-order valence-corrected chi connectivity index (χ3v) is 6.16. The SMILES string of the molecule is Cc1cc(F)cc(-c2nccc3[nH]c(-c4n[nH]c5ncc(-c6cncc(CN(C)C)c6)cc45)cc23)c1. The molecule has 6 aromatic rings. The molecule has 36 heavy (non-hydrogen) atoms. The highest BCUT2D eigenvalue weighted by molar-refractivity contribution is 6.00. The van der Waals surface area contributed by atoms with Crippen molar-refractivity contribution in [3.8, 4) is 33.8 Å². The van der Waals surface area contributed by atoms with Gasteiger partial charge in [-0.1, -0.05) is 0 Å². The second-order valence-corrected chi connectivity index (χ2v) is 9.33. The first kappa shape index (κ1) is 22.1. The molecule has 8 heteroatoms. The largest absolute Gasteiger partial charge is 0.353 e. The monoisotopic (exact) mass is 477 g/mol. The van der Waals surface area contributed by atoms with Crippen LogP contribution in [-0.2, 0) is 6.54 Å². The van der Waals surface area contributed by atoms with Gasteiger partial charge in [0.2, 0.25) is 0 Å². The van der Waals surface area contributed by atoms with Crippen LogP contribution in [0, 0.1) is 12.7 Å². The van der Waals surface area contributed by atoms with Gasteiger partial charge in [-0.25, -0.2) is 9.37 Å². The molecule has 0 amide bonds. The minimum absolute atomic E-state index is 0.277. The quantitative estimate of drug-likeness (QED) is 0.331. The molecule has 0 saturated heterocycles. The Morgan fingerprint density at radius 1 is 0.861 bits per heavy atom. The molecule has 5 aromatic heterocycles. The second kappa shape index (κ2) is 8.66. The number of hydrogen-bond donors (Lipinski definition) is 2. The first-order valence-corrected chi connectivity index (χ1v) is 11.6. The molecule has 6 rings (SSSR count). The van der Waals surface area contributed by atoms with Crippen LogP contribution in [0.15, 0.2) is 67.3 Å². The van der Waals surface area contributed by atoms with E-state index in [-0.39, 0.29) is 5.82 Å². The maximum absolute atomic E-state index is 14.1. The number of nitrogens with one attached hydrogen (secondary N) is 2. The van der Waals surface area contributed by atoms with Gasteiger partial charge in [0.1, 0.15) is 11.5 Å². The van der Waals surface area contributed by atoms with Gasteiger partial charge in [0.25, 0.3) is 0 Å². The molecule has 0 aliphatic carbocycles. The molecule has 0 spiro atoms. The Kier molecular flexibility index (Phi) is 5.30. The van der Waals surface area contributed by atoms with Crippen molar-refractivity contribution in [1.82, 2.24) is 35.0 Å². The molecule has 0 fully saturated rings. The van der Waals surface area contributed by atoms with Crippen molar-refractivity contribution in [2.24, 2.45) is 0 Å². The Balaban J connectivity index is 1.45. The van der Waals surface area contributed by atoms with Gasteiger partial charge in [-0.15, -0.1) is 0 Å². The number of halogens is 1. The molecule has 0 atom stereocenters. The number of aromatic nitrogens is 6. The molecule has 0 saturated carbocycles. The number of pyridine rings is 3.